The summed E-state index contributed by atoms with van der Waals surface area (Å²) in [6.07, 6.45) is -0.477. The zero-order valence-electron chi connectivity index (χ0n) is 15.5. The lowest BCUT2D eigenvalue weighted by atomic mass is 10.1. The fourth-order valence-electron chi connectivity index (χ4n) is 1.96. The lowest BCUT2D eigenvalue weighted by molar-refractivity contribution is 0.0280. The lowest BCUT2D eigenvalue weighted by Gasteiger charge is -2.23. The topological polar surface area (TPSA) is 110 Å². The summed E-state index contributed by atoms with van der Waals surface area (Å²) in [6.45, 7) is 5.51. The lowest BCUT2D eigenvalue weighted by Crippen LogP contribution is -2.34. The Balaban J connectivity index is 2.04. The van der Waals surface area contributed by atoms with Crippen LogP contribution in [0.3, 0.4) is 0 Å². The van der Waals surface area contributed by atoms with Gasteiger partial charge in [-0.3, -0.25) is 4.79 Å². The number of nitrogens with zero attached hydrogens (tertiary/aromatic N) is 5. The Morgan fingerprint density at radius 3 is 2.15 bits per heavy atom. The van der Waals surface area contributed by atoms with E-state index in [1.54, 1.807) is 59.1 Å². The molecule has 9 heteroatoms. The first-order chi connectivity index (χ1) is 12.2. The molecule has 0 aliphatic carbocycles. The third-order valence-corrected chi connectivity index (χ3v) is 3.24. The minimum Gasteiger partial charge on any atom is -0.444 e. The Hall–Kier alpha value is -3.10. The van der Waals surface area contributed by atoms with E-state index in [2.05, 4.69) is 25.7 Å². The third-order valence-electron chi connectivity index (χ3n) is 3.24. The van der Waals surface area contributed by atoms with Gasteiger partial charge in [0.05, 0.1) is 6.54 Å². The molecule has 0 aliphatic heterocycles. The van der Waals surface area contributed by atoms with Gasteiger partial charge in [-0.15, -0.1) is 20.4 Å². The smallest absolute Gasteiger partial charge is 0.410 e. The molecule has 2 amide bonds. The molecular formula is C17H22N6O3. The fraction of sp³-hybridized carbons (Fsp3) is 0.412. The number of hydrogen-bond acceptors (Lipinski definition) is 7. The van der Waals surface area contributed by atoms with Crippen LogP contribution in [0.15, 0.2) is 24.3 Å². The van der Waals surface area contributed by atoms with Crippen molar-refractivity contribution < 1.29 is 14.3 Å². The molecule has 1 heterocycles. The Morgan fingerprint density at radius 1 is 1.08 bits per heavy atom. The van der Waals surface area contributed by atoms with Gasteiger partial charge in [-0.2, -0.15) is 0 Å². The van der Waals surface area contributed by atoms with E-state index in [9.17, 15) is 9.59 Å². The van der Waals surface area contributed by atoms with E-state index in [1.807, 2.05) is 0 Å². The Labute approximate surface area is 151 Å². The van der Waals surface area contributed by atoms with Crippen LogP contribution in [0.2, 0.25) is 0 Å². The summed E-state index contributed by atoms with van der Waals surface area (Å²) in [6, 6.07) is 6.77. The van der Waals surface area contributed by atoms with E-state index >= 15 is 0 Å². The van der Waals surface area contributed by atoms with E-state index in [-0.39, 0.29) is 12.5 Å². The maximum absolute atomic E-state index is 11.9. The zero-order valence-corrected chi connectivity index (χ0v) is 15.5. The van der Waals surface area contributed by atoms with Gasteiger partial charge >= 0.3 is 6.09 Å². The van der Waals surface area contributed by atoms with Crippen LogP contribution in [0.25, 0.3) is 11.4 Å². The van der Waals surface area contributed by atoms with Gasteiger partial charge in [-0.05, 0) is 32.9 Å². The molecule has 0 saturated heterocycles. The molecule has 0 atom stereocenters. The van der Waals surface area contributed by atoms with Gasteiger partial charge in [-0.1, -0.05) is 12.1 Å². The van der Waals surface area contributed by atoms with Crippen LogP contribution in [0.5, 0.6) is 0 Å². The SMILES string of the molecule is CNC(=O)c1ccc(-c2nnc(CN(C)C(=O)OC(C)(C)C)nn2)cc1. The van der Waals surface area contributed by atoms with E-state index in [4.69, 9.17) is 4.74 Å². The van der Waals surface area contributed by atoms with Crippen molar-refractivity contribution in [2.24, 2.45) is 0 Å². The average molecular weight is 358 g/mol. The predicted octanol–water partition coefficient (Wildman–Crippen LogP) is 1.66. The van der Waals surface area contributed by atoms with Crippen molar-refractivity contribution in [3.8, 4) is 11.4 Å². The summed E-state index contributed by atoms with van der Waals surface area (Å²) in [4.78, 5) is 24.8. The summed E-state index contributed by atoms with van der Waals surface area (Å²) >= 11 is 0. The highest BCUT2D eigenvalue weighted by atomic mass is 16.6. The third kappa shape index (κ3) is 5.20. The molecule has 9 nitrogen and oxygen atoms in total. The van der Waals surface area contributed by atoms with Crippen LogP contribution in [-0.2, 0) is 11.3 Å². The Kier molecular flexibility index (Phi) is 5.81. The minimum atomic E-state index is -0.576. The molecule has 0 spiro atoms. The number of amides is 2. The number of benzene rings is 1. The highest BCUT2D eigenvalue weighted by Crippen LogP contribution is 2.14. The number of carbonyl (C=O) groups is 2. The summed E-state index contributed by atoms with van der Waals surface area (Å²) in [5, 5.41) is 18.6. The van der Waals surface area contributed by atoms with Gasteiger partial charge in [0.2, 0.25) is 5.82 Å². The van der Waals surface area contributed by atoms with Gasteiger partial charge in [0.1, 0.15) is 5.60 Å². The first-order valence-corrected chi connectivity index (χ1v) is 8.02. The van der Waals surface area contributed by atoms with Crippen molar-refractivity contribution in [1.82, 2.24) is 30.6 Å². The molecule has 0 unspecified atom stereocenters. The number of hydrogen-bond donors (Lipinski definition) is 1. The van der Waals surface area contributed by atoms with Crippen molar-refractivity contribution in [2.75, 3.05) is 14.1 Å². The van der Waals surface area contributed by atoms with Crippen molar-refractivity contribution >= 4 is 12.0 Å². The largest absolute Gasteiger partial charge is 0.444 e. The quantitative estimate of drug-likeness (QED) is 0.885. The van der Waals surface area contributed by atoms with Gasteiger partial charge in [0, 0.05) is 25.2 Å². The number of nitrogens with one attached hydrogen (secondary N) is 1. The summed E-state index contributed by atoms with van der Waals surface area (Å²) in [5.74, 6) is 0.454. The zero-order chi connectivity index (χ0) is 19.3. The monoisotopic (exact) mass is 358 g/mol. The molecule has 0 fully saturated rings. The van der Waals surface area contributed by atoms with Crippen molar-refractivity contribution in [2.45, 2.75) is 32.9 Å². The molecule has 1 aromatic carbocycles. The second kappa shape index (κ2) is 7.85. The molecule has 0 saturated carbocycles. The number of carbonyl (C=O) groups excluding carboxylic acids is 2. The minimum absolute atomic E-state index is 0.130. The standard InChI is InChI=1S/C17H22N6O3/c1-17(2,3)26-16(25)23(5)10-13-19-21-14(22-20-13)11-6-8-12(9-7-11)15(24)18-4/h6-9H,10H2,1-5H3,(H,18,24). The molecule has 1 aromatic heterocycles. The van der Waals surface area contributed by atoms with E-state index in [1.165, 1.54) is 4.90 Å². The van der Waals surface area contributed by atoms with Crippen molar-refractivity contribution in [1.29, 1.82) is 0 Å². The second-order valence-corrected chi connectivity index (χ2v) is 6.63. The van der Waals surface area contributed by atoms with Crippen LogP contribution >= 0.6 is 0 Å². The second-order valence-electron chi connectivity index (χ2n) is 6.63. The first kappa shape index (κ1) is 19.2. The van der Waals surface area contributed by atoms with E-state index in [0.717, 1.165) is 0 Å². The summed E-state index contributed by atoms with van der Waals surface area (Å²) < 4.78 is 5.26. The molecule has 138 valence electrons. The molecule has 0 aliphatic rings. The van der Waals surface area contributed by atoms with E-state index in [0.29, 0.717) is 22.8 Å². The number of rotatable bonds is 4. The van der Waals surface area contributed by atoms with Crippen molar-refractivity contribution in [3.63, 3.8) is 0 Å². The summed E-state index contributed by atoms with van der Waals surface area (Å²) in [7, 11) is 3.16. The first-order valence-electron chi connectivity index (χ1n) is 8.02. The predicted molar refractivity (Wildman–Crippen MR) is 94.1 cm³/mol. The van der Waals surface area contributed by atoms with Crippen LogP contribution in [-0.4, -0.2) is 57.0 Å². The van der Waals surface area contributed by atoms with Crippen LogP contribution in [0, 0.1) is 0 Å². The highest BCUT2D eigenvalue weighted by Gasteiger charge is 2.20. The van der Waals surface area contributed by atoms with Crippen LogP contribution in [0.1, 0.15) is 37.0 Å². The van der Waals surface area contributed by atoms with Gasteiger partial charge in [0.25, 0.3) is 5.91 Å². The average Bonchev–Trinajstić information content (AvgIpc) is 2.60. The normalized spacial score (nSPS) is 11.0. The molecule has 1 N–H and O–H groups in total. The maximum atomic E-state index is 11.9. The molecule has 2 aromatic rings. The maximum Gasteiger partial charge on any atom is 0.410 e. The van der Waals surface area contributed by atoms with Gasteiger partial charge in [-0.25, -0.2) is 4.79 Å². The Bertz CT molecular complexity index is 769. The molecular weight excluding hydrogens is 336 g/mol. The Morgan fingerprint density at radius 2 is 1.65 bits per heavy atom. The molecule has 0 radical (unpaired) electrons. The van der Waals surface area contributed by atoms with Gasteiger partial charge < -0.3 is 15.0 Å². The van der Waals surface area contributed by atoms with Crippen LogP contribution < -0.4 is 5.32 Å². The molecule has 0 bridgehead atoms. The number of ether oxygens (including phenoxy) is 1. The highest BCUT2D eigenvalue weighted by molar-refractivity contribution is 5.94. The summed E-state index contributed by atoms with van der Waals surface area (Å²) in [5.41, 5.74) is 0.644. The molecule has 2 rings (SSSR count). The van der Waals surface area contributed by atoms with E-state index < -0.39 is 11.7 Å². The number of aromatic nitrogens is 4. The fourth-order valence-corrected chi connectivity index (χ4v) is 1.96. The van der Waals surface area contributed by atoms with Crippen LogP contribution in [0.4, 0.5) is 4.79 Å². The van der Waals surface area contributed by atoms with Crippen molar-refractivity contribution in [3.05, 3.63) is 35.7 Å². The van der Waals surface area contributed by atoms with Gasteiger partial charge in [0.15, 0.2) is 5.82 Å². The molecule has 26 heavy (non-hydrogen) atoms.